The third kappa shape index (κ3) is 4.56. The Balaban J connectivity index is 1.44. The molecule has 0 aliphatic rings. The Labute approximate surface area is 190 Å². The number of carbonyl (C=O) groups excluding carboxylic acids is 1. The first-order valence-electron chi connectivity index (χ1n) is 9.74. The molecule has 1 amide bonds. The maximum atomic E-state index is 13.0. The molecule has 1 unspecified atom stereocenters. The number of anilines is 1. The third-order valence-electron chi connectivity index (χ3n) is 5.10. The molecule has 4 aromatic rings. The highest BCUT2D eigenvalue weighted by atomic mass is 32.2. The number of carbonyl (C=O) groups is 1. The van der Waals surface area contributed by atoms with Gasteiger partial charge in [-0.1, -0.05) is 18.2 Å². The molecule has 0 aliphatic carbocycles. The van der Waals surface area contributed by atoms with Crippen molar-refractivity contribution < 1.29 is 13.2 Å². The normalized spacial score (nSPS) is 12.3. The molecular weight excluding hydrogens is 446 g/mol. The van der Waals surface area contributed by atoms with Gasteiger partial charge >= 0.3 is 0 Å². The fraction of sp³-hybridized carbons (Fsp3) is 0.136. The van der Waals surface area contributed by atoms with E-state index < -0.39 is 10.0 Å². The van der Waals surface area contributed by atoms with Crippen LogP contribution in [-0.4, -0.2) is 41.0 Å². The fourth-order valence-electron chi connectivity index (χ4n) is 3.15. The molecule has 0 bridgehead atoms. The lowest BCUT2D eigenvalue weighted by atomic mass is 10.1. The van der Waals surface area contributed by atoms with Gasteiger partial charge in [0.15, 0.2) is 0 Å². The molecule has 0 saturated carbocycles. The SMILES string of the molecule is CC(c1ccc(-n2cncn2)cc1)N(C)C(=O)c1ccc(NS(=O)(=O)c2cccs2)cc1. The van der Waals surface area contributed by atoms with E-state index >= 15 is 0 Å². The number of thiophene rings is 1. The van der Waals surface area contributed by atoms with Crippen molar-refractivity contribution in [2.45, 2.75) is 17.2 Å². The largest absolute Gasteiger partial charge is 0.335 e. The summed E-state index contributed by atoms with van der Waals surface area (Å²) in [6, 6.07) is 17.2. The molecule has 10 heteroatoms. The molecule has 2 heterocycles. The smallest absolute Gasteiger partial charge is 0.271 e. The number of hydrogen-bond acceptors (Lipinski definition) is 6. The van der Waals surface area contributed by atoms with E-state index in [1.54, 1.807) is 64.7 Å². The van der Waals surface area contributed by atoms with Crippen molar-refractivity contribution in [3.05, 3.63) is 89.8 Å². The summed E-state index contributed by atoms with van der Waals surface area (Å²) >= 11 is 1.14. The maximum absolute atomic E-state index is 13.0. The molecular formula is C22H21N5O3S2. The topological polar surface area (TPSA) is 97.2 Å². The van der Waals surface area contributed by atoms with Gasteiger partial charge in [0.1, 0.15) is 16.9 Å². The van der Waals surface area contributed by atoms with Crippen molar-refractivity contribution in [1.82, 2.24) is 19.7 Å². The van der Waals surface area contributed by atoms with E-state index in [-0.39, 0.29) is 16.2 Å². The first-order chi connectivity index (χ1) is 15.3. The Hall–Kier alpha value is -3.50. The number of rotatable bonds is 7. The van der Waals surface area contributed by atoms with E-state index in [2.05, 4.69) is 14.8 Å². The van der Waals surface area contributed by atoms with Crippen molar-refractivity contribution in [3.63, 3.8) is 0 Å². The second-order valence-corrected chi connectivity index (χ2v) is 10.00. The molecule has 1 N–H and O–H groups in total. The summed E-state index contributed by atoms with van der Waals surface area (Å²) in [5.41, 5.74) is 2.73. The van der Waals surface area contributed by atoms with Gasteiger partial charge in [-0.2, -0.15) is 5.10 Å². The van der Waals surface area contributed by atoms with Crippen LogP contribution in [-0.2, 0) is 10.0 Å². The summed E-state index contributed by atoms with van der Waals surface area (Å²) in [6.45, 7) is 1.95. The van der Waals surface area contributed by atoms with E-state index in [1.165, 1.54) is 6.33 Å². The van der Waals surface area contributed by atoms with Crippen molar-refractivity contribution in [3.8, 4) is 5.69 Å². The minimum atomic E-state index is -3.63. The molecule has 164 valence electrons. The molecule has 2 aromatic heterocycles. The molecule has 1 atom stereocenters. The standard InChI is InChI=1S/C22H21N5O3S2/c1-16(17-7-11-20(12-8-17)27-15-23-14-24-27)26(2)22(28)18-5-9-19(10-6-18)25-32(29,30)21-4-3-13-31-21/h3-16,25H,1-2H3. The van der Waals surface area contributed by atoms with E-state index in [0.29, 0.717) is 11.3 Å². The predicted molar refractivity (Wildman–Crippen MR) is 123 cm³/mol. The van der Waals surface area contributed by atoms with Gasteiger partial charge in [-0.25, -0.2) is 18.1 Å². The second kappa shape index (κ2) is 8.93. The molecule has 0 radical (unpaired) electrons. The van der Waals surface area contributed by atoms with Crippen LogP contribution in [0.2, 0.25) is 0 Å². The van der Waals surface area contributed by atoms with E-state index in [4.69, 9.17) is 0 Å². The number of aromatic nitrogens is 3. The van der Waals surface area contributed by atoms with Crippen LogP contribution in [0.1, 0.15) is 28.9 Å². The molecule has 0 saturated heterocycles. The highest BCUT2D eigenvalue weighted by Gasteiger charge is 2.20. The molecule has 8 nitrogen and oxygen atoms in total. The van der Waals surface area contributed by atoms with E-state index in [9.17, 15) is 13.2 Å². The van der Waals surface area contributed by atoms with Crippen molar-refractivity contribution in [2.75, 3.05) is 11.8 Å². The minimum absolute atomic E-state index is 0.162. The average molecular weight is 468 g/mol. The van der Waals surface area contributed by atoms with Gasteiger partial charge in [0, 0.05) is 18.3 Å². The highest BCUT2D eigenvalue weighted by Crippen LogP contribution is 2.24. The fourth-order valence-corrected chi connectivity index (χ4v) is 5.20. The van der Waals surface area contributed by atoms with Crippen LogP contribution >= 0.6 is 11.3 Å². The number of amides is 1. The summed E-state index contributed by atoms with van der Waals surface area (Å²) < 4.78 is 29.1. The summed E-state index contributed by atoms with van der Waals surface area (Å²) in [5.74, 6) is -0.162. The summed E-state index contributed by atoms with van der Waals surface area (Å²) in [6.07, 6.45) is 3.10. The lowest BCUT2D eigenvalue weighted by Gasteiger charge is -2.25. The number of hydrogen-bond donors (Lipinski definition) is 1. The molecule has 32 heavy (non-hydrogen) atoms. The average Bonchev–Trinajstić information content (AvgIpc) is 3.53. The quantitative estimate of drug-likeness (QED) is 0.444. The Bertz CT molecular complexity index is 1280. The predicted octanol–water partition coefficient (Wildman–Crippen LogP) is 3.96. The zero-order chi connectivity index (χ0) is 22.7. The number of sulfonamides is 1. The minimum Gasteiger partial charge on any atom is -0.335 e. The van der Waals surface area contributed by atoms with Gasteiger partial charge in [0.25, 0.3) is 15.9 Å². The van der Waals surface area contributed by atoms with Crippen LogP contribution in [0.15, 0.2) is 82.9 Å². The Morgan fingerprint density at radius 3 is 2.41 bits per heavy atom. The number of nitrogens with zero attached hydrogens (tertiary/aromatic N) is 4. The van der Waals surface area contributed by atoms with E-state index in [1.807, 2.05) is 31.2 Å². The molecule has 2 aromatic carbocycles. The lowest BCUT2D eigenvalue weighted by molar-refractivity contribution is 0.0742. The Morgan fingerprint density at radius 1 is 1.09 bits per heavy atom. The second-order valence-electron chi connectivity index (χ2n) is 7.14. The molecule has 4 rings (SSSR count). The molecule has 0 fully saturated rings. The van der Waals surface area contributed by atoms with Crippen molar-refractivity contribution in [1.29, 1.82) is 0 Å². The van der Waals surface area contributed by atoms with Crippen molar-refractivity contribution in [2.24, 2.45) is 0 Å². The summed E-state index contributed by atoms with van der Waals surface area (Å²) in [5, 5.41) is 5.81. The third-order valence-corrected chi connectivity index (χ3v) is 7.88. The maximum Gasteiger partial charge on any atom is 0.271 e. The number of benzene rings is 2. The van der Waals surface area contributed by atoms with Crippen LogP contribution in [0.5, 0.6) is 0 Å². The van der Waals surface area contributed by atoms with Crippen LogP contribution in [0.25, 0.3) is 5.69 Å². The van der Waals surface area contributed by atoms with Gasteiger partial charge in [-0.05, 0) is 60.3 Å². The van der Waals surface area contributed by atoms with Crippen LogP contribution < -0.4 is 4.72 Å². The molecule has 0 spiro atoms. The van der Waals surface area contributed by atoms with Gasteiger partial charge < -0.3 is 4.90 Å². The van der Waals surface area contributed by atoms with Gasteiger partial charge in [0.05, 0.1) is 11.7 Å². The zero-order valence-electron chi connectivity index (χ0n) is 17.4. The van der Waals surface area contributed by atoms with Crippen molar-refractivity contribution >= 4 is 33.0 Å². The van der Waals surface area contributed by atoms with Gasteiger partial charge in [-0.3, -0.25) is 9.52 Å². The monoisotopic (exact) mass is 467 g/mol. The summed E-state index contributed by atoms with van der Waals surface area (Å²) in [7, 11) is -1.88. The van der Waals surface area contributed by atoms with Gasteiger partial charge in [-0.15, -0.1) is 11.3 Å². The number of nitrogens with one attached hydrogen (secondary N) is 1. The van der Waals surface area contributed by atoms with Crippen LogP contribution in [0.3, 0.4) is 0 Å². The zero-order valence-corrected chi connectivity index (χ0v) is 19.0. The Kier molecular flexibility index (Phi) is 6.06. The van der Waals surface area contributed by atoms with Gasteiger partial charge in [0.2, 0.25) is 0 Å². The summed E-state index contributed by atoms with van der Waals surface area (Å²) in [4.78, 5) is 18.6. The van der Waals surface area contributed by atoms with Crippen LogP contribution in [0, 0.1) is 0 Å². The first kappa shape index (κ1) is 21.7. The first-order valence-corrected chi connectivity index (χ1v) is 12.1. The Morgan fingerprint density at radius 2 is 1.81 bits per heavy atom. The lowest BCUT2D eigenvalue weighted by Crippen LogP contribution is -2.29. The van der Waals surface area contributed by atoms with Crippen LogP contribution in [0.4, 0.5) is 5.69 Å². The van der Waals surface area contributed by atoms with E-state index in [0.717, 1.165) is 22.6 Å². The highest BCUT2D eigenvalue weighted by molar-refractivity contribution is 7.94. The molecule has 0 aliphatic heterocycles.